The van der Waals surface area contributed by atoms with Gasteiger partial charge in [-0.3, -0.25) is 4.68 Å². The average Bonchev–Trinajstić information content (AvgIpc) is 2.31. The van der Waals surface area contributed by atoms with E-state index in [4.69, 9.17) is 0 Å². The van der Waals surface area contributed by atoms with Gasteiger partial charge >= 0.3 is 0 Å². The Balaban J connectivity index is 2.39. The van der Waals surface area contributed by atoms with E-state index in [-0.39, 0.29) is 0 Å². The van der Waals surface area contributed by atoms with Crippen LogP contribution in [0.25, 0.3) is 0 Å². The van der Waals surface area contributed by atoms with E-state index in [0.29, 0.717) is 4.83 Å². The van der Waals surface area contributed by atoms with Crippen molar-refractivity contribution in [2.75, 3.05) is 0 Å². The monoisotopic (exact) mass is 216 g/mol. The number of nitrogens with zero attached hydrogens (tertiary/aromatic N) is 2. The highest BCUT2D eigenvalue weighted by Crippen LogP contribution is 2.08. The van der Waals surface area contributed by atoms with E-state index in [1.54, 1.807) is 0 Å². The molecule has 0 saturated carbocycles. The molecule has 0 N–H and O–H groups in total. The topological polar surface area (TPSA) is 17.8 Å². The molecule has 1 rings (SSSR count). The molecule has 0 saturated heterocycles. The first-order valence-corrected chi connectivity index (χ1v) is 4.71. The first kappa shape index (κ1) is 8.78. The maximum absolute atomic E-state index is 4.10. The second-order valence-electron chi connectivity index (χ2n) is 2.84. The Hall–Kier alpha value is -0.310. The Morgan fingerprint density at radius 2 is 2.45 bits per heavy atom. The van der Waals surface area contributed by atoms with Crippen LogP contribution in [-0.4, -0.2) is 14.6 Å². The molecule has 1 atom stereocenters. The quantitative estimate of drug-likeness (QED) is 0.709. The van der Waals surface area contributed by atoms with E-state index in [1.807, 2.05) is 17.9 Å². The molecular formula is C8H13BrN2. The van der Waals surface area contributed by atoms with Gasteiger partial charge in [-0.25, -0.2) is 0 Å². The Morgan fingerprint density at radius 1 is 1.73 bits per heavy atom. The van der Waals surface area contributed by atoms with E-state index < -0.39 is 0 Å². The van der Waals surface area contributed by atoms with Crippen molar-refractivity contribution in [1.82, 2.24) is 9.78 Å². The first-order chi connectivity index (χ1) is 5.18. The molecule has 62 valence electrons. The minimum atomic E-state index is 0.600. The lowest BCUT2D eigenvalue weighted by atomic mass is 10.2. The second-order valence-corrected chi connectivity index (χ2v) is 4.40. The third-order valence-electron chi connectivity index (χ3n) is 1.59. The van der Waals surface area contributed by atoms with Crippen LogP contribution < -0.4 is 0 Å². The summed E-state index contributed by atoms with van der Waals surface area (Å²) in [5.41, 5.74) is 1.32. The third-order valence-corrected chi connectivity index (χ3v) is 2.05. The third kappa shape index (κ3) is 3.06. The minimum Gasteiger partial charge on any atom is -0.276 e. The summed E-state index contributed by atoms with van der Waals surface area (Å²) in [5.74, 6) is 0. The summed E-state index contributed by atoms with van der Waals surface area (Å²) < 4.78 is 1.84. The van der Waals surface area contributed by atoms with Crippen LogP contribution in [0.1, 0.15) is 18.9 Å². The van der Waals surface area contributed by atoms with Crippen molar-refractivity contribution < 1.29 is 0 Å². The lowest BCUT2D eigenvalue weighted by molar-refractivity contribution is 0.765. The van der Waals surface area contributed by atoms with Crippen molar-refractivity contribution in [3.8, 4) is 0 Å². The van der Waals surface area contributed by atoms with Crippen molar-refractivity contribution >= 4 is 15.9 Å². The highest BCUT2D eigenvalue weighted by atomic mass is 79.9. The molecule has 0 spiro atoms. The maximum atomic E-state index is 4.10. The summed E-state index contributed by atoms with van der Waals surface area (Å²) in [5, 5.41) is 4.10. The molecular weight excluding hydrogens is 204 g/mol. The molecule has 2 nitrogen and oxygen atoms in total. The van der Waals surface area contributed by atoms with Gasteiger partial charge in [0.25, 0.3) is 0 Å². The van der Waals surface area contributed by atoms with Crippen LogP contribution in [0.5, 0.6) is 0 Å². The average molecular weight is 217 g/mol. The Morgan fingerprint density at radius 3 is 2.91 bits per heavy atom. The van der Waals surface area contributed by atoms with Gasteiger partial charge < -0.3 is 0 Å². The summed E-state index contributed by atoms with van der Waals surface area (Å²) >= 11 is 3.51. The fourth-order valence-electron chi connectivity index (χ4n) is 0.967. The number of halogens is 1. The zero-order valence-electron chi connectivity index (χ0n) is 6.92. The summed E-state index contributed by atoms with van der Waals surface area (Å²) in [6, 6.07) is 0. The van der Waals surface area contributed by atoms with Crippen molar-refractivity contribution in [3.63, 3.8) is 0 Å². The van der Waals surface area contributed by atoms with Gasteiger partial charge in [-0.15, -0.1) is 0 Å². The SMILES string of the molecule is CC(Br)CCc1cnn(C)c1. The number of hydrogen-bond donors (Lipinski definition) is 0. The lowest BCUT2D eigenvalue weighted by Crippen LogP contribution is -1.92. The molecule has 0 aliphatic carbocycles. The second kappa shape index (κ2) is 3.90. The maximum Gasteiger partial charge on any atom is 0.0521 e. The van der Waals surface area contributed by atoms with Gasteiger partial charge in [0.1, 0.15) is 0 Å². The van der Waals surface area contributed by atoms with Crippen molar-refractivity contribution in [1.29, 1.82) is 0 Å². The van der Waals surface area contributed by atoms with Crippen LogP contribution in [0.4, 0.5) is 0 Å². The number of alkyl halides is 1. The fraction of sp³-hybridized carbons (Fsp3) is 0.625. The van der Waals surface area contributed by atoms with E-state index in [9.17, 15) is 0 Å². The van der Waals surface area contributed by atoms with E-state index in [2.05, 4.69) is 34.1 Å². The Bertz CT molecular complexity index is 218. The number of aryl methyl sites for hydroxylation is 2. The first-order valence-electron chi connectivity index (χ1n) is 3.80. The molecule has 0 fully saturated rings. The van der Waals surface area contributed by atoms with Gasteiger partial charge in [-0.2, -0.15) is 5.10 Å². The van der Waals surface area contributed by atoms with Crippen molar-refractivity contribution in [2.45, 2.75) is 24.6 Å². The zero-order chi connectivity index (χ0) is 8.27. The van der Waals surface area contributed by atoms with E-state index in [0.717, 1.165) is 6.42 Å². The number of hydrogen-bond acceptors (Lipinski definition) is 1. The summed E-state index contributed by atoms with van der Waals surface area (Å²) in [4.78, 5) is 0.600. The molecule has 0 aliphatic rings. The van der Waals surface area contributed by atoms with Gasteiger partial charge in [-0.1, -0.05) is 22.9 Å². The molecule has 1 heterocycles. The molecule has 1 aromatic rings. The van der Waals surface area contributed by atoms with Crippen molar-refractivity contribution in [3.05, 3.63) is 18.0 Å². The Labute approximate surface area is 75.7 Å². The molecule has 0 aliphatic heterocycles. The smallest absolute Gasteiger partial charge is 0.0521 e. The molecule has 1 unspecified atom stereocenters. The van der Waals surface area contributed by atoms with Gasteiger partial charge in [0.2, 0.25) is 0 Å². The highest BCUT2D eigenvalue weighted by Gasteiger charge is 1.98. The van der Waals surface area contributed by atoms with Crippen LogP contribution in [0.3, 0.4) is 0 Å². The standard InChI is InChI=1S/C8H13BrN2/c1-7(9)3-4-8-5-10-11(2)6-8/h5-7H,3-4H2,1-2H3. The lowest BCUT2D eigenvalue weighted by Gasteiger charge is -1.98. The molecule has 11 heavy (non-hydrogen) atoms. The summed E-state index contributed by atoms with van der Waals surface area (Å²) in [7, 11) is 1.95. The normalized spacial score (nSPS) is 13.4. The van der Waals surface area contributed by atoms with Gasteiger partial charge in [0, 0.05) is 18.1 Å². The largest absolute Gasteiger partial charge is 0.276 e. The number of rotatable bonds is 3. The van der Waals surface area contributed by atoms with Crippen LogP contribution in [0.2, 0.25) is 0 Å². The molecule has 0 amide bonds. The van der Waals surface area contributed by atoms with E-state index in [1.165, 1.54) is 12.0 Å². The molecule has 1 aromatic heterocycles. The number of aromatic nitrogens is 2. The molecule has 0 bridgehead atoms. The fourth-order valence-corrected chi connectivity index (χ4v) is 1.20. The minimum absolute atomic E-state index is 0.600. The van der Waals surface area contributed by atoms with Crippen LogP contribution >= 0.6 is 15.9 Å². The highest BCUT2D eigenvalue weighted by molar-refractivity contribution is 9.09. The van der Waals surface area contributed by atoms with Gasteiger partial charge in [0.05, 0.1) is 6.20 Å². The molecule has 3 heteroatoms. The predicted molar refractivity (Wildman–Crippen MR) is 49.9 cm³/mol. The predicted octanol–water partition coefficient (Wildman–Crippen LogP) is 2.14. The molecule has 0 radical (unpaired) electrons. The van der Waals surface area contributed by atoms with Gasteiger partial charge in [0.15, 0.2) is 0 Å². The van der Waals surface area contributed by atoms with Crippen molar-refractivity contribution in [2.24, 2.45) is 7.05 Å². The molecule has 0 aromatic carbocycles. The van der Waals surface area contributed by atoms with Gasteiger partial charge in [-0.05, 0) is 18.4 Å². The summed E-state index contributed by atoms with van der Waals surface area (Å²) in [6.45, 7) is 2.16. The summed E-state index contributed by atoms with van der Waals surface area (Å²) in [6.07, 6.45) is 6.27. The van der Waals surface area contributed by atoms with Crippen LogP contribution in [0.15, 0.2) is 12.4 Å². The van der Waals surface area contributed by atoms with E-state index >= 15 is 0 Å². The van der Waals surface area contributed by atoms with Crippen LogP contribution in [0, 0.1) is 0 Å². The Kier molecular flexibility index (Phi) is 3.12. The van der Waals surface area contributed by atoms with Crippen LogP contribution in [-0.2, 0) is 13.5 Å². The zero-order valence-corrected chi connectivity index (χ0v) is 8.50.